The van der Waals surface area contributed by atoms with Crippen LogP contribution in [0.2, 0.25) is 0 Å². The van der Waals surface area contributed by atoms with Crippen LogP contribution in [0.15, 0.2) is 62.9 Å². The number of pyridine rings is 1. The number of hydrogen-bond donors (Lipinski definition) is 2. The van der Waals surface area contributed by atoms with Crippen LogP contribution in [0.3, 0.4) is 0 Å². The number of hydrogen-bond acceptors (Lipinski definition) is 6. The largest absolute Gasteiger partial charge is 0.352 e. The third-order valence-electron chi connectivity index (χ3n) is 6.48. The van der Waals surface area contributed by atoms with Gasteiger partial charge < -0.3 is 5.32 Å². The van der Waals surface area contributed by atoms with Gasteiger partial charge >= 0.3 is 5.69 Å². The number of aromatic nitrogens is 3. The summed E-state index contributed by atoms with van der Waals surface area (Å²) >= 11 is 0. The second kappa shape index (κ2) is 9.88. The van der Waals surface area contributed by atoms with Gasteiger partial charge in [-0.3, -0.25) is 23.4 Å². The Labute approximate surface area is 224 Å². The molecule has 1 fully saturated rings. The summed E-state index contributed by atoms with van der Waals surface area (Å²) in [5.74, 6) is -0.774. The molecular formula is C26H25BFN5O5S. The highest BCUT2D eigenvalue weighted by Gasteiger charge is 2.31. The summed E-state index contributed by atoms with van der Waals surface area (Å²) in [4.78, 5) is 40.6. The van der Waals surface area contributed by atoms with E-state index >= 15 is 0 Å². The molecule has 2 radical (unpaired) electrons. The molecule has 1 aliphatic carbocycles. The first-order valence-electron chi connectivity index (χ1n) is 12.3. The maximum atomic E-state index is 14.7. The average Bonchev–Trinajstić information content (AvgIpc) is 3.69. The number of sulfonamides is 1. The van der Waals surface area contributed by atoms with Crippen molar-refractivity contribution >= 4 is 51.4 Å². The zero-order chi connectivity index (χ0) is 28.1. The fraction of sp³-hybridized carbons (Fsp3) is 0.269. The van der Waals surface area contributed by atoms with Gasteiger partial charge in [0.15, 0.2) is 0 Å². The van der Waals surface area contributed by atoms with Crippen molar-refractivity contribution in [1.29, 1.82) is 0 Å². The standard InChI is InChI=1S/C26H25BFN5O5S/c1-3-11-39(37,38)30-16-5-4-6-18(13-16)32-24-23(25(35)33(26(32)36)17-8-9-17)21(14-22(34)31(24)2)29-20-10-7-15(27)12-19(20)28/h4-7,10,12-14,17,29-30H,3,8-9,11H2,1-2H3. The Morgan fingerprint density at radius 2 is 1.79 bits per heavy atom. The van der Waals surface area contributed by atoms with E-state index in [1.54, 1.807) is 19.1 Å². The monoisotopic (exact) mass is 549 g/mol. The van der Waals surface area contributed by atoms with Crippen molar-refractivity contribution < 1.29 is 12.8 Å². The molecule has 5 rings (SSSR count). The Bertz CT molecular complexity index is 1910. The van der Waals surface area contributed by atoms with Crippen molar-refractivity contribution in [2.24, 2.45) is 7.05 Å². The van der Waals surface area contributed by atoms with Crippen molar-refractivity contribution in [2.75, 3.05) is 15.8 Å². The Balaban J connectivity index is 1.81. The lowest BCUT2D eigenvalue weighted by Crippen LogP contribution is -2.41. The molecule has 13 heteroatoms. The molecule has 10 nitrogen and oxygen atoms in total. The second-order valence-electron chi connectivity index (χ2n) is 9.51. The molecule has 4 aromatic rings. The summed E-state index contributed by atoms with van der Waals surface area (Å²) < 4.78 is 45.4. The molecule has 0 amide bonds. The van der Waals surface area contributed by atoms with E-state index in [9.17, 15) is 27.2 Å². The average molecular weight is 549 g/mol. The first-order valence-corrected chi connectivity index (χ1v) is 14.0. The molecule has 39 heavy (non-hydrogen) atoms. The van der Waals surface area contributed by atoms with E-state index in [2.05, 4.69) is 10.0 Å². The number of nitrogens with zero attached hydrogens (tertiary/aromatic N) is 3. The first-order chi connectivity index (χ1) is 18.5. The Hall–Kier alpha value is -4.13. The van der Waals surface area contributed by atoms with Crippen molar-refractivity contribution in [1.82, 2.24) is 13.7 Å². The summed E-state index contributed by atoms with van der Waals surface area (Å²) in [6.45, 7) is 1.74. The van der Waals surface area contributed by atoms with Gasteiger partial charge in [-0.15, -0.1) is 0 Å². The highest BCUT2D eigenvalue weighted by atomic mass is 32.2. The van der Waals surface area contributed by atoms with Gasteiger partial charge in [0, 0.05) is 19.2 Å². The Kier molecular flexibility index (Phi) is 6.71. The summed E-state index contributed by atoms with van der Waals surface area (Å²) in [5.41, 5.74) is -1.22. The van der Waals surface area contributed by atoms with E-state index in [1.165, 1.54) is 41.9 Å². The zero-order valence-corrected chi connectivity index (χ0v) is 22.1. The maximum Gasteiger partial charge on any atom is 0.337 e. The van der Waals surface area contributed by atoms with Crippen LogP contribution >= 0.6 is 0 Å². The van der Waals surface area contributed by atoms with Crippen LogP contribution in [0.25, 0.3) is 16.7 Å². The van der Waals surface area contributed by atoms with Crippen LogP contribution < -0.4 is 32.3 Å². The van der Waals surface area contributed by atoms with Gasteiger partial charge in [-0.25, -0.2) is 22.2 Å². The number of benzene rings is 2. The highest BCUT2D eigenvalue weighted by Crippen LogP contribution is 2.33. The molecule has 0 aliphatic heterocycles. The number of rotatable bonds is 8. The number of fused-ring (bicyclic) bond motifs is 1. The lowest BCUT2D eigenvalue weighted by atomic mass is 9.96. The molecule has 1 saturated carbocycles. The molecular weight excluding hydrogens is 524 g/mol. The fourth-order valence-electron chi connectivity index (χ4n) is 4.53. The van der Waals surface area contributed by atoms with Gasteiger partial charge in [0.1, 0.15) is 24.7 Å². The topological polar surface area (TPSA) is 124 Å². The molecule has 2 aromatic carbocycles. The first kappa shape index (κ1) is 26.5. The molecule has 0 unspecified atom stereocenters. The third-order valence-corrected chi connectivity index (χ3v) is 7.97. The zero-order valence-electron chi connectivity index (χ0n) is 21.3. The molecule has 0 spiro atoms. The minimum atomic E-state index is -3.62. The summed E-state index contributed by atoms with van der Waals surface area (Å²) in [6.07, 6.45) is 1.66. The molecule has 1 aliphatic rings. The van der Waals surface area contributed by atoms with E-state index in [-0.39, 0.29) is 51.0 Å². The van der Waals surface area contributed by atoms with Crippen LogP contribution in [-0.2, 0) is 17.1 Å². The van der Waals surface area contributed by atoms with Crippen LogP contribution in [0.1, 0.15) is 32.2 Å². The number of anilines is 3. The summed E-state index contributed by atoms with van der Waals surface area (Å²) in [5, 5.41) is 2.83. The van der Waals surface area contributed by atoms with E-state index in [1.807, 2.05) is 0 Å². The summed E-state index contributed by atoms with van der Waals surface area (Å²) in [7, 11) is 3.45. The molecule has 2 N–H and O–H groups in total. The number of aryl methyl sites for hydroxylation is 1. The SMILES string of the molecule is [B]c1ccc(Nc2cc(=O)n(C)c3c2c(=O)n(C2CC2)c(=O)n3-c2cccc(NS(=O)(=O)CCC)c2)c(F)c1. The molecule has 0 bridgehead atoms. The Morgan fingerprint density at radius 1 is 1.05 bits per heavy atom. The van der Waals surface area contributed by atoms with Crippen LogP contribution in [0, 0.1) is 5.82 Å². The maximum absolute atomic E-state index is 14.7. The van der Waals surface area contributed by atoms with E-state index in [0.29, 0.717) is 19.3 Å². The second-order valence-corrected chi connectivity index (χ2v) is 11.4. The third kappa shape index (κ3) is 5.01. The normalized spacial score (nSPS) is 13.5. The molecule has 200 valence electrons. The van der Waals surface area contributed by atoms with Gasteiger partial charge in [-0.1, -0.05) is 24.5 Å². The smallest absolute Gasteiger partial charge is 0.337 e. The lowest BCUT2D eigenvalue weighted by molar-refractivity contribution is 0.600. The van der Waals surface area contributed by atoms with Crippen molar-refractivity contribution in [3.63, 3.8) is 0 Å². The summed E-state index contributed by atoms with van der Waals surface area (Å²) in [6, 6.07) is 10.9. The predicted molar refractivity (Wildman–Crippen MR) is 150 cm³/mol. The minimum absolute atomic E-state index is 0.00297. The highest BCUT2D eigenvalue weighted by molar-refractivity contribution is 7.92. The predicted octanol–water partition coefficient (Wildman–Crippen LogP) is 2.01. The van der Waals surface area contributed by atoms with Gasteiger partial charge in [-0.2, -0.15) is 0 Å². The van der Waals surface area contributed by atoms with Gasteiger partial charge in [0.05, 0.1) is 28.5 Å². The van der Waals surface area contributed by atoms with Crippen molar-refractivity contribution in [3.05, 3.63) is 85.5 Å². The van der Waals surface area contributed by atoms with Gasteiger partial charge in [-0.05, 0) is 49.6 Å². The minimum Gasteiger partial charge on any atom is -0.352 e. The number of nitrogens with one attached hydrogen (secondary N) is 2. The quantitative estimate of drug-likeness (QED) is 0.324. The van der Waals surface area contributed by atoms with Crippen LogP contribution in [-0.4, -0.2) is 35.7 Å². The molecule has 2 heterocycles. The van der Waals surface area contributed by atoms with Crippen molar-refractivity contribution in [2.45, 2.75) is 32.2 Å². The van der Waals surface area contributed by atoms with Crippen molar-refractivity contribution in [3.8, 4) is 5.69 Å². The van der Waals surface area contributed by atoms with E-state index in [0.717, 1.165) is 15.2 Å². The molecule has 0 saturated heterocycles. The fourth-order valence-corrected chi connectivity index (χ4v) is 5.66. The van der Waals surface area contributed by atoms with Crippen LogP contribution in [0.5, 0.6) is 0 Å². The van der Waals surface area contributed by atoms with Gasteiger partial charge in [0.25, 0.3) is 11.1 Å². The number of halogens is 1. The lowest BCUT2D eigenvalue weighted by Gasteiger charge is -2.19. The Morgan fingerprint density at radius 3 is 2.46 bits per heavy atom. The van der Waals surface area contributed by atoms with E-state index in [4.69, 9.17) is 7.85 Å². The van der Waals surface area contributed by atoms with Crippen LogP contribution in [0.4, 0.5) is 21.5 Å². The molecule has 0 atom stereocenters. The molecule has 2 aromatic heterocycles. The van der Waals surface area contributed by atoms with Gasteiger partial charge in [0.2, 0.25) is 10.0 Å². The van der Waals surface area contributed by atoms with E-state index < -0.39 is 32.6 Å².